The zero-order chi connectivity index (χ0) is 20.1. The molecule has 0 aliphatic carbocycles. The van der Waals surface area contributed by atoms with Crippen LogP contribution in [0.2, 0.25) is 0 Å². The maximum atomic E-state index is 11.4. The molecule has 0 spiro atoms. The molecule has 4 heteroatoms. The summed E-state index contributed by atoms with van der Waals surface area (Å²) >= 11 is 0. The van der Waals surface area contributed by atoms with Crippen LogP contribution in [0.15, 0.2) is 42.5 Å². The van der Waals surface area contributed by atoms with Gasteiger partial charge in [-0.15, -0.1) is 0 Å². The van der Waals surface area contributed by atoms with Gasteiger partial charge in [-0.1, -0.05) is 42.8 Å². The van der Waals surface area contributed by atoms with Gasteiger partial charge in [-0.05, 0) is 51.3 Å². The minimum absolute atomic E-state index is 0.0757. The number of rotatable bonds is 3. The van der Waals surface area contributed by atoms with Gasteiger partial charge in [0.25, 0.3) is 0 Å². The molecule has 4 atom stereocenters. The van der Waals surface area contributed by atoms with Crippen LogP contribution >= 0.6 is 0 Å². The number of carboxylic acid groups (broad SMARTS) is 1. The van der Waals surface area contributed by atoms with Crippen molar-refractivity contribution in [2.75, 3.05) is 0 Å². The van der Waals surface area contributed by atoms with Gasteiger partial charge in [0.15, 0.2) is 0 Å². The Morgan fingerprint density at radius 2 is 1.89 bits per heavy atom. The fraction of sp³-hybridized carbons (Fsp3) is 0.458. The lowest BCUT2D eigenvalue weighted by Crippen LogP contribution is -2.50. The van der Waals surface area contributed by atoms with Crippen LogP contribution in [0, 0.1) is 12.8 Å². The predicted octanol–water partition coefficient (Wildman–Crippen LogP) is 5.50. The van der Waals surface area contributed by atoms with E-state index in [1.807, 2.05) is 6.07 Å². The summed E-state index contributed by atoms with van der Waals surface area (Å²) in [5, 5.41) is 9.32. The summed E-state index contributed by atoms with van der Waals surface area (Å²) in [5.41, 5.74) is 3.36. The Morgan fingerprint density at radius 3 is 2.54 bits per heavy atom. The van der Waals surface area contributed by atoms with Crippen LogP contribution in [0.3, 0.4) is 0 Å². The standard InChI is InChI=1S/C24H28O4/c1-5-20-18(15-8-6-14(2)7-9-15)13-19-22(27-20)17-11-10-16(23(25)26)12-21(17)28-24(19,3)4/h6-12,18-20,22H,5,13H2,1-4H3,(H,25,26)/t18-,19+,20+,22-/m1/s1. The summed E-state index contributed by atoms with van der Waals surface area (Å²) in [6, 6.07) is 13.9. The van der Waals surface area contributed by atoms with Crippen molar-refractivity contribution >= 4 is 5.97 Å². The van der Waals surface area contributed by atoms with E-state index in [4.69, 9.17) is 9.47 Å². The van der Waals surface area contributed by atoms with Crippen molar-refractivity contribution in [1.82, 2.24) is 0 Å². The third-order valence-electron chi connectivity index (χ3n) is 6.38. The second-order valence-electron chi connectivity index (χ2n) is 8.63. The molecule has 2 aromatic rings. The maximum Gasteiger partial charge on any atom is 0.335 e. The van der Waals surface area contributed by atoms with Crippen LogP contribution < -0.4 is 4.74 Å². The lowest BCUT2D eigenvalue weighted by atomic mass is 9.70. The van der Waals surface area contributed by atoms with Crippen molar-refractivity contribution in [3.05, 3.63) is 64.7 Å². The molecule has 2 aliphatic rings. The topological polar surface area (TPSA) is 55.8 Å². The number of hydrogen-bond donors (Lipinski definition) is 1. The molecule has 2 aromatic carbocycles. The van der Waals surface area contributed by atoms with E-state index in [-0.39, 0.29) is 23.7 Å². The maximum absolute atomic E-state index is 11.4. The van der Waals surface area contributed by atoms with E-state index in [2.05, 4.69) is 52.0 Å². The first-order valence-electron chi connectivity index (χ1n) is 10.1. The number of ether oxygens (including phenoxy) is 2. The van der Waals surface area contributed by atoms with E-state index in [1.165, 1.54) is 11.1 Å². The van der Waals surface area contributed by atoms with Crippen molar-refractivity contribution in [3.63, 3.8) is 0 Å². The monoisotopic (exact) mass is 380 g/mol. The summed E-state index contributed by atoms with van der Waals surface area (Å²) in [6.45, 7) is 8.45. The molecule has 148 valence electrons. The molecule has 1 fully saturated rings. The smallest absolute Gasteiger partial charge is 0.335 e. The van der Waals surface area contributed by atoms with Crippen molar-refractivity contribution in [2.24, 2.45) is 5.92 Å². The first-order valence-corrected chi connectivity index (χ1v) is 10.1. The zero-order valence-corrected chi connectivity index (χ0v) is 16.9. The molecule has 0 bridgehead atoms. The molecule has 1 saturated heterocycles. The summed E-state index contributed by atoms with van der Waals surface area (Å²) in [7, 11) is 0. The Labute approximate surface area is 166 Å². The second-order valence-corrected chi connectivity index (χ2v) is 8.63. The summed E-state index contributed by atoms with van der Waals surface area (Å²) in [5.74, 6) is 0.218. The fourth-order valence-electron chi connectivity index (χ4n) is 4.76. The number of fused-ring (bicyclic) bond motifs is 3. The molecular weight excluding hydrogens is 352 g/mol. The molecule has 0 radical (unpaired) electrons. The second kappa shape index (κ2) is 6.93. The van der Waals surface area contributed by atoms with Crippen LogP contribution in [0.1, 0.15) is 72.7 Å². The Kier molecular flexibility index (Phi) is 4.70. The van der Waals surface area contributed by atoms with Crippen LogP contribution in [0.5, 0.6) is 5.75 Å². The molecule has 1 N–H and O–H groups in total. The van der Waals surface area contributed by atoms with E-state index < -0.39 is 11.6 Å². The first kappa shape index (κ1) is 19.0. The van der Waals surface area contributed by atoms with E-state index in [0.717, 1.165) is 18.4 Å². The van der Waals surface area contributed by atoms with Gasteiger partial charge in [0.1, 0.15) is 11.4 Å². The largest absolute Gasteiger partial charge is 0.487 e. The molecular formula is C24H28O4. The summed E-state index contributed by atoms with van der Waals surface area (Å²) in [4.78, 5) is 11.4. The highest BCUT2D eigenvalue weighted by atomic mass is 16.5. The highest BCUT2D eigenvalue weighted by molar-refractivity contribution is 5.88. The van der Waals surface area contributed by atoms with Crippen molar-refractivity contribution in [1.29, 1.82) is 0 Å². The average molecular weight is 380 g/mol. The number of aryl methyl sites for hydroxylation is 1. The highest BCUT2D eigenvalue weighted by Gasteiger charge is 2.50. The Balaban J connectivity index is 1.72. The van der Waals surface area contributed by atoms with Crippen LogP contribution in [-0.4, -0.2) is 22.8 Å². The van der Waals surface area contributed by atoms with E-state index >= 15 is 0 Å². The number of aromatic carboxylic acids is 1. The molecule has 0 amide bonds. The van der Waals surface area contributed by atoms with Gasteiger partial charge in [0.2, 0.25) is 0 Å². The SMILES string of the molecule is CC[C@@H]1O[C@@H]2c3ccc(C(=O)O)cc3OC(C)(C)[C@H]2C[C@@H]1c1ccc(C)cc1. The Morgan fingerprint density at radius 1 is 1.18 bits per heavy atom. The van der Waals surface area contributed by atoms with Gasteiger partial charge >= 0.3 is 5.97 Å². The van der Waals surface area contributed by atoms with E-state index in [1.54, 1.807) is 12.1 Å². The third kappa shape index (κ3) is 3.20. The Hall–Kier alpha value is -2.33. The molecule has 0 unspecified atom stereocenters. The van der Waals surface area contributed by atoms with Crippen LogP contribution in [0.4, 0.5) is 0 Å². The average Bonchev–Trinajstić information content (AvgIpc) is 2.67. The van der Waals surface area contributed by atoms with Crippen molar-refractivity contribution < 1.29 is 19.4 Å². The molecule has 28 heavy (non-hydrogen) atoms. The quantitative estimate of drug-likeness (QED) is 0.763. The number of hydrogen-bond acceptors (Lipinski definition) is 3. The number of carboxylic acids is 1. The lowest BCUT2D eigenvalue weighted by Gasteiger charge is -2.51. The fourth-order valence-corrected chi connectivity index (χ4v) is 4.76. The highest BCUT2D eigenvalue weighted by Crippen LogP contribution is 2.54. The minimum atomic E-state index is -0.943. The lowest BCUT2D eigenvalue weighted by molar-refractivity contribution is -0.159. The number of carbonyl (C=O) groups is 1. The molecule has 4 rings (SSSR count). The normalized spacial score (nSPS) is 28.0. The molecule has 2 aliphatic heterocycles. The Bertz CT molecular complexity index is 884. The van der Waals surface area contributed by atoms with Gasteiger partial charge in [-0.3, -0.25) is 0 Å². The van der Waals surface area contributed by atoms with Gasteiger partial charge in [0.05, 0.1) is 17.8 Å². The van der Waals surface area contributed by atoms with Crippen LogP contribution in [0.25, 0.3) is 0 Å². The van der Waals surface area contributed by atoms with Crippen molar-refractivity contribution in [2.45, 2.75) is 64.3 Å². The van der Waals surface area contributed by atoms with Gasteiger partial charge < -0.3 is 14.6 Å². The zero-order valence-electron chi connectivity index (χ0n) is 16.9. The van der Waals surface area contributed by atoms with Gasteiger partial charge in [-0.25, -0.2) is 4.79 Å². The molecule has 2 heterocycles. The summed E-state index contributed by atoms with van der Waals surface area (Å²) in [6.07, 6.45) is 1.98. The molecule has 0 saturated carbocycles. The van der Waals surface area contributed by atoms with E-state index in [0.29, 0.717) is 11.7 Å². The van der Waals surface area contributed by atoms with Gasteiger partial charge in [0, 0.05) is 17.4 Å². The number of benzene rings is 2. The molecule has 4 nitrogen and oxygen atoms in total. The predicted molar refractivity (Wildman–Crippen MR) is 108 cm³/mol. The van der Waals surface area contributed by atoms with E-state index in [9.17, 15) is 9.90 Å². The minimum Gasteiger partial charge on any atom is -0.487 e. The van der Waals surface area contributed by atoms with Gasteiger partial charge in [-0.2, -0.15) is 0 Å². The molecule has 0 aromatic heterocycles. The summed E-state index contributed by atoms with van der Waals surface area (Å²) < 4.78 is 13.0. The first-order chi connectivity index (χ1) is 13.3. The van der Waals surface area contributed by atoms with Crippen LogP contribution in [-0.2, 0) is 4.74 Å². The van der Waals surface area contributed by atoms with Crippen molar-refractivity contribution in [3.8, 4) is 5.75 Å². The third-order valence-corrected chi connectivity index (χ3v) is 6.38.